The summed E-state index contributed by atoms with van der Waals surface area (Å²) in [5, 5.41) is 1.35. The lowest BCUT2D eigenvalue weighted by molar-refractivity contribution is -0.138. The molecular formula is C26H23F9P+. The van der Waals surface area contributed by atoms with Crippen molar-refractivity contribution in [3.05, 3.63) is 89.5 Å². The molecule has 0 N–H and O–H groups in total. The average molecular weight is 537 g/mol. The van der Waals surface area contributed by atoms with Crippen LogP contribution >= 0.6 is 7.26 Å². The van der Waals surface area contributed by atoms with Crippen LogP contribution in [0.1, 0.15) is 42.9 Å². The zero-order chi connectivity index (χ0) is 26.8. The topological polar surface area (TPSA) is 0 Å². The number of unbranched alkanes of at least 4 members (excludes halogenated alkanes) is 2. The van der Waals surface area contributed by atoms with E-state index in [0.29, 0.717) is 28.5 Å². The predicted octanol–water partition coefficient (Wildman–Crippen LogP) is 8.23. The Kier molecular flexibility index (Phi) is 8.13. The van der Waals surface area contributed by atoms with E-state index >= 15 is 0 Å². The molecule has 3 rings (SSSR count). The number of halogens is 9. The highest BCUT2D eigenvalue weighted by molar-refractivity contribution is 7.95. The quantitative estimate of drug-likeness (QED) is 0.162. The van der Waals surface area contributed by atoms with E-state index in [1.165, 1.54) is 36.4 Å². The Hall–Kier alpha value is -2.54. The number of hydrogen-bond donors (Lipinski definition) is 0. The maximum absolute atomic E-state index is 13.2. The van der Waals surface area contributed by atoms with Crippen molar-refractivity contribution in [3.8, 4) is 0 Å². The highest BCUT2D eigenvalue weighted by Crippen LogP contribution is 2.56. The normalized spacial score (nSPS) is 13.2. The Morgan fingerprint density at radius 1 is 0.472 bits per heavy atom. The molecule has 0 unspecified atom stereocenters. The van der Waals surface area contributed by atoms with Crippen LogP contribution in [-0.2, 0) is 18.5 Å². The number of benzene rings is 3. The van der Waals surface area contributed by atoms with Gasteiger partial charge in [-0.1, -0.05) is 19.8 Å². The van der Waals surface area contributed by atoms with Gasteiger partial charge >= 0.3 is 18.5 Å². The first-order valence-corrected chi connectivity index (χ1v) is 13.1. The molecule has 0 atom stereocenters. The second kappa shape index (κ2) is 10.4. The van der Waals surface area contributed by atoms with E-state index in [4.69, 9.17) is 0 Å². The molecule has 0 aromatic heterocycles. The minimum Gasteiger partial charge on any atom is -0.166 e. The first-order valence-electron chi connectivity index (χ1n) is 11.1. The molecule has 3 aromatic carbocycles. The fourth-order valence-electron chi connectivity index (χ4n) is 4.15. The fraction of sp³-hybridized carbons (Fsp3) is 0.308. The van der Waals surface area contributed by atoms with Gasteiger partial charge in [-0.3, -0.25) is 0 Å². The Morgan fingerprint density at radius 2 is 0.750 bits per heavy atom. The summed E-state index contributed by atoms with van der Waals surface area (Å²) >= 11 is 0. The van der Waals surface area contributed by atoms with Crippen LogP contribution in [0.4, 0.5) is 39.5 Å². The van der Waals surface area contributed by atoms with Crippen LogP contribution < -0.4 is 15.9 Å². The van der Waals surface area contributed by atoms with Crippen molar-refractivity contribution in [2.45, 2.75) is 44.7 Å². The summed E-state index contributed by atoms with van der Waals surface area (Å²) in [5.74, 6) is 0. The standard InChI is InChI=1S/C26H23F9P/c1-2-3-4-17-36(21-11-5-18(6-12-21)24(27,28)29,22-13-7-19(8-14-22)25(30,31)32)23-15-9-20(10-16-23)26(33,34)35/h5-16H,2-4,17H2,1H3/q+1. The van der Waals surface area contributed by atoms with Crippen LogP contribution in [0.25, 0.3) is 0 Å². The van der Waals surface area contributed by atoms with Crippen molar-refractivity contribution in [3.63, 3.8) is 0 Å². The number of hydrogen-bond acceptors (Lipinski definition) is 0. The molecule has 194 valence electrons. The predicted molar refractivity (Wildman–Crippen MR) is 125 cm³/mol. The second-order valence-corrected chi connectivity index (χ2v) is 12.0. The minimum absolute atomic E-state index is 0.378. The van der Waals surface area contributed by atoms with Crippen molar-refractivity contribution < 1.29 is 39.5 Å². The highest BCUT2D eigenvalue weighted by atomic mass is 31.2. The van der Waals surface area contributed by atoms with E-state index in [9.17, 15) is 39.5 Å². The van der Waals surface area contributed by atoms with E-state index in [2.05, 4.69) is 0 Å². The molecule has 0 fully saturated rings. The molecule has 10 heteroatoms. The van der Waals surface area contributed by atoms with E-state index in [0.717, 1.165) is 49.2 Å². The summed E-state index contributed by atoms with van der Waals surface area (Å²) < 4.78 is 119. The lowest BCUT2D eigenvalue weighted by Crippen LogP contribution is -2.34. The maximum Gasteiger partial charge on any atom is 0.416 e. The Balaban J connectivity index is 2.27. The lowest BCUT2D eigenvalue weighted by atomic mass is 10.2. The van der Waals surface area contributed by atoms with Crippen molar-refractivity contribution >= 4 is 23.2 Å². The summed E-state index contributed by atoms with van der Waals surface area (Å²) in [4.78, 5) is 0. The SMILES string of the molecule is CCCCC[P+](c1ccc(C(F)(F)F)cc1)(c1ccc(C(F)(F)F)cc1)c1ccc(C(F)(F)F)cc1. The van der Waals surface area contributed by atoms with Gasteiger partial charge in [-0.25, -0.2) is 0 Å². The van der Waals surface area contributed by atoms with Gasteiger partial charge in [0.15, 0.2) is 0 Å². The van der Waals surface area contributed by atoms with E-state index in [1.807, 2.05) is 6.92 Å². The third-order valence-electron chi connectivity index (χ3n) is 6.00. The summed E-state index contributed by atoms with van der Waals surface area (Å²) in [7, 11) is -2.90. The first kappa shape index (κ1) is 28.0. The smallest absolute Gasteiger partial charge is 0.166 e. The molecule has 0 saturated heterocycles. The molecule has 0 aliphatic heterocycles. The van der Waals surface area contributed by atoms with Gasteiger partial charge in [0.05, 0.1) is 22.9 Å². The molecular weight excluding hydrogens is 514 g/mol. The minimum atomic E-state index is -4.59. The van der Waals surface area contributed by atoms with Crippen LogP contribution in [0, 0.1) is 0 Å². The summed E-state index contributed by atoms with van der Waals surface area (Å²) in [5.41, 5.74) is -2.67. The molecule has 36 heavy (non-hydrogen) atoms. The molecule has 3 aromatic rings. The van der Waals surface area contributed by atoms with Crippen LogP contribution in [-0.4, -0.2) is 6.16 Å². The van der Waals surface area contributed by atoms with Gasteiger partial charge in [0, 0.05) is 0 Å². The highest BCUT2D eigenvalue weighted by Gasteiger charge is 2.46. The first-order chi connectivity index (χ1) is 16.7. The van der Waals surface area contributed by atoms with Gasteiger partial charge < -0.3 is 0 Å². The van der Waals surface area contributed by atoms with Gasteiger partial charge in [-0.2, -0.15) is 39.5 Å². The van der Waals surface area contributed by atoms with Crippen LogP contribution in [0.5, 0.6) is 0 Å². The van der Waals surface area contributed by atoms with Crippen molar-refractivity contribution in [1.29, 1.82) is 0 Å². The van der Waals surface area contributed by atoms with Gasteiger partial charge in [0.1, 0.15) is 23.2 Å². The monoisotopic (exact) mass is 537 g/mol. The zero-order valence-corrected chi connectivity index (χ0v) is 20.0. The summed E-state index contributed by atoms with van der Waals surface area (Å²) in [6.07, 6.45) is -11.3. The molecule has 0 aliphatic rings. The van der Waals surface area contributed by atoms with Gasteiger partial charge in [-0.15, -0.1) is 0 Å². The lowest BCUT2D eigenvalue weighted by Gasteiger charge is -2.28. The third-order valence-corrected chi connectivity index (χ3v) is 10.5. The molecule has 0 amide bonds. The second-order valence-electron chi connectivity index (χ2n) is 8.37. The van der Waals surface area contributed by atoms with E-state index in [-0.39, 0.29) is 0 Å². The van der Waals surface area contributed by atoms with E-state index < -0.39 is 42.5 Å². The molecule has 0 saturated carbocycles. The Morgan fingerprint density at radius 3 is 0.972 bits per heavy atom. The molecule has 0 aliphatic carbocycles. The molecule has 0 bridgehead atoms. The molecule has 0 heterocycles. The Bertz CT molecular complexity index is 986. The molecule has 0 radical (unpaired) electrons. The van der Waals surface area contributed by atoms with E-state index in [1.54, 1.807) is 0 Å². The zero-order valence-electron chi connectivity index (χ0n) is 19.1. The Labute approximate surface area is 203 Å². The van der Waals surface area contributed by atoms with Gasteiger partial charge in [-0.05, 0) is 79.2 Å². The van der Waals surface area contributed by atoms with Crippen molar-refractivity contribution in [1.82, 2.24) is 0 Å². The number of rotatable bonds is 7. The van der Waals surface area contributed by atoms with Crippen LogP contribution in [0.3, 0.4) is 0 Å². The maximum atomic E-state index is 13.2. The fourth-order valence-corrected chi connectivity index (χ4v) is 8.49. The largest absolute Gasteiger partial charge is 0.416 e. The van der Waals surface area contributed by atoms with Crippen molar-refractivity contribution in [2.75, 3.05) is 6.16 Å². The van der Waals surface area contributed by atoms with Crippen LogP contribution in [0.15, 0.2) is 72.8 Å². The summed E-state index contributed by atoms with van der Waals surface area (Å²) in [6.45, 7) is 1.94. The summed E-state index contributed by atoms with van der Waals surface area (Å²) in [6, 6.07) is 13.1. The molecule has 0 nitrogen and oxygen atoms in total. The van der Waals surface area contributed by atoms with Crippen LogP contribution in [0.2, 0.25) is 0 Å². The van der Waals surface area contributed by atoms with Gasteiger partial charge in [0.25, 0.3) is 0 Å². The number of alkyl halides is 9. The average Bonchev–Trinajstić information content (AvgIpc) is 2.81. The third kappa shape index (κ3) is 6.05. The van der Waals surface area contributed by atoms with Gasteiger partial charge in [0.2, 0.25) is 0 Å². The molecule has 0 spiro atoms. The van der Waals surface area contributed by atoms with Crippen molar-refractivity contribution in [2.24, 2.45) is 0 Å².